The van der Waals surface area contributed by atoms with E-state index in [1.807, 2.05) is 0 Å². The minimum atomic E-state index is -4.36. The van der Waals surface area contributed by atoms with Gasteiger partial charge in [-0.1, -0.05) is 6.92 Å². The smallest absolute Gasteiger partial charge is 0.411 e. The SMILES string of the molecule is CC(CCn1nnnc1CCOCC(F)(F)F)C(=O)O. The van der Waals surface area contributed by atoms with Crippen LogP contribution in [0.25, 0.3) is 0 Å². The summed E-state index contributed by atoms with van der Waals surface area (Å²) >= 11 is 0. The standard InChI is InChI=1S/C10H15F3N4O3/c1-7(9(18)19)2-4-17-8(14-15-16-17)3-5-20-6-10(11,12)13/h7H,2-6H2,1H3,(H,18,19). The fraction of sp³-hybridized carbons (Fsp3) is 0.800. The summed E-state index contributed by atoms with van der Waals surface area (Å²) in [6.45, 7) is 0.368. The second-order valence-electron chi connectivity index (χ2n) is 4.26. The van der Waals surface area contributed by atoms with E-state index < -0.39 is 24.7 Å². The highest BCUT2D eigenvalue weighted by Gasteiger charge is 2.27. The van der Waals surface area contributed by atoms with Gasteiger partial charge in [-0.15, -0.1) is 5.10 Å². The Kier molecular flexibility index (Phi) is 5.86. The molecular formula is C10H15F3N4O3. The Hall–Kier alpha value is -1.71. The fourth-order valence-electron chi connectivity index (χ4n) is 1.37. The number of ether oxygens (including phenoxy) is 1. The minimum Gasteiger partial charge on any atom is -0.481 e. The molecule has 1 rings (SSSR count). The Balaban J connectivity index is 2.37. The molecule has 0 saturated carbocycles. The average Bonchev–Trinajstić information content (AvgIpc) is 2.77. The van der Waals surface area contributed by atoms with Crippen LogP contribution in [-0.4, -0.2) is 50.7 Å². The summed E-state index contributed by atoms with van der Waals surface area (Å²) in [5, 5.41) is 19.5. The number of nitrogens with zero attached hydrogens (tertiary/aromatic N) is 4. The van der Waals surface area contributed by atoms with Crippen LogP contribution in [0.5, 0.6) is 0 Å². The van der Waals surface area contributed by atoms with Crippen molar-refractivity contribution in [3.63, 3.8) is 0 Å². The van der Waals surface area contributed by atoms with Crippen LogP contribution in [0.1, 0.15) is 19.2 Å². The number of hydrogen-bond donors (Lipinski definition) is 1. The lowest BCUT2D eigenvalue weighted by Gasteiger charge is -2.09. The van der Waals surface area contributed by atoms with Crippen LogP contribution in [-0.2, 0) is 22.5 Å². The van der Waals surface area contributed by atoms with Crippen molar-refractivity contribution in [2.45, 2.75) is 32.5 Å². The van der Waals surface area contributed by atoms with E-state index in [0.717, 1.165) is 0 Å². The molecule has 0 bridgehead atoms. The van der Waals surface area contributed by atoms with Crippen molar-refractivity contribution in [1.82, 2.24) is 20.2 Å². The van der Waals surface area contributed by atoms with Gasteiger partial charge in [0.2, 0.25) is 0 Å². The molecule has 114 valence electrons. The molecule has 1 aromatic heterocycles. The van der Waals surface area contributed by atoms with Gasteiger partial charge >= 0.3 is 12.1 Å². The van der Waals surface area contributed by atoms with Crippen molar-refractivity contribution in [2.75, 3.05) is 13.2 Å². The molecule has 0 aromatic carbocycles. The molecule has 0 spiro atoms. The first-order valence-electron chi connectivity index (χ1n) is 5.92. The van der Waals surface area contributed by atoms with Crippen molar-refractivity contribution in [3.05, 3.63) is 5.82 Å². The van der Waals surface area contributed by atoms with E-state index in [4.69, 9.17) is 5.11 Å². The molecule has 7 nitrogen and oxygen atoms in total. The number of alkyl halides is 3. The van der Waals surface area contributed by atoms with Crippen LogP contribution in [0, 0.1) is 5.92 Å². The van der Waals surface area contributed by atoms with E-state index >= 15 is 0 Å². The van der Waals surface area contributed by atoms with Gasteiger partial charge in [-0.05, 0) is 16.8 Å². The van der Waals surface area contributed by atoms with Gasteiger partial charge in [-0.3, -0.25) is 4.79 Å². The Morgan fingerprint density at radius 1 is 1.50 bits per heavy atom. The van der Waals surface area contributed by atoms with Crippen LogP contribution < -0.4 is 0 Å². The average molecular weight is 296 g/mol. The number of carboxylic acids is 1. The first kappa shape index (κ1) is 16.3. The molecule has 1 unspecified atom stereocenters. The zero-order chi connectivity index (χ0) is 15.2. The summed E-state index contributed by atoms with van der Waals surface area (Å²) < 4.78 is 41.4. The van der Waals surface area contributed by atoms with Gasteiger partial charge < -0.3 is 9.84 Å². The first-order chi connectivity index (χ1) is 9.29. The predicted octanol–water partition coefficient (Wildman–Crippen LogP) is 0.905. The number of tetrazole rings is 1. The summed E-state index contributed by atoms with van der Waals surface area (Å²) in [5.41, 5.74) is 0. The lowest BCUT2D eigenvalue weighted by molar-refractivity contribution is -0.173. The highest BCUT2D eigenvalue weighted by atomic mass is 19.4. The van der Waals surface area contributed by atoms with Crippen LogP contribution in [0.4, 0.5) is 13.2 Å². The van der Waals surface area contributed by atoms with E-state index in [0.29, 0.717) is 12.2 Å². The monoisotopic (exact) mass is 296 g/mol. The quantitative estimate of drug-likeness (QED) is 0.717. The van der Waals surface area contributed by atoms with Crippen molar-refractivity contribution in [2.24, 2.45) is 5.92 Å². The number of hydrogen-bond acceptors (Lipinski definition) is 5. The minimum absolute atomic E-state index is 0.129. The Morgan fingerprint density at radius 3 is 2.80 bits per heavy atom. The molecule has 0 aliphatic carbocycles. The molecule has 0 fully saturated rings. The molecule has 1 aromatic rings. The third-order valence-corrected chi connectivity index (χ3v) is 2.54. The van der Waals surface area contributed by atoms with Gasteiger partial charge in [-0.25, -0.2) is 4.68 Å². The van der Waals surface area contributed by atoms with Crippen LogP contribution in [0.3, 0.4) is 0 Å². The number of aliphatic carboxylic acids is 1. The Labute approximate surface area is 112 Å². The normalized spacial score (nSPS) is 13.4. The van der Waals surface area contributed by atoms with Gasteiger partial charge in [-0.2, -0.15) is 13.2 Å². The van der Waals surface area contributed by atoms with Gasteiger partial charge in [0.15, 0.2) is 5.82 Å². The number of aryl methyl sites for hydroxylation is 1. The van der Waals surface area contributed by atoms with Gasteiger partial charge in [0, 0.05) is 13.0 Å². The second-order valence-corrected chi connectivity index (χ2v) is 4.26. The largest absolute Gasteiger partial charge is 0.481 e. The maximum absolute atomic E-state index is 11.9. The molecule has 10 heteroatoms. The molecule has 0 aliphatic heterocycles. The third-order valence-electron chi connectivity index (χ3n) is 2.54. The number of rotatable bonds is 8. The van der Waals surface area contributed by atoms with E-state index in [9.17, 15) is 18.0 Å². The van der Waals surface area contributed by atoms with Crippen molar-refractivity contribution in [3.8, 4) is 0 Å². The molecule has 1 heterocycles. The summed E-state index contributed by atoms with van der Waals surface area (Å²) in [4.78, 5) is 10.7. The fourth-order valence-corrected chi connectivity index (χ4v) is 1.37. The number of carboxylic acid groups (broad SMARTS) is 1. The summed E-state index contributed by atoms with van der Waals surface area (Å²) in [5.74, 6) is -1.11. The van der Waals surface area contributed by atoms with Crippen LogP contribution in [0.15, 0.2) is 0 Å². The lowest BCUT2D eigenvalue weighted by Crippen LogP contribution is -2.19. The highest BCUT2D eigenvalue weighted by Crippen LogP contribution is 2.14. The zero-order valence-electron chi connectivity index (χ0n) is 10.8. The first-order valence-corrected chi connectivity index (χ1v) is 5.92. The molecule has 0 aliphatic rings. The molecule has 1 atom stereocenters. The zero-order valence-corrected chi connectivity index (χ0v) is 10.8. The van der Waals surface area contributed by atoms with E-state index in [2.05, 4.69) is 20.3 Å². The third kappa shape index (κ3) is 5.95. The Bertz CT molecular complexity index is 436. The van der Waals surface area contributed by atoms with Gasteiger partial charge in [0.05, 0.1) is 12.5 Å². The van der Waals surface area contributed by atoms with Gasteiger partial charge in [0.1, 0.15) is 6.61 Å². The van der Waals surface area contributed by atoms with E-state index in [1.165, 1.54) is 4.68 Å². The molecule has 1 N–H and O–H groups in total. The number of carbonyl (C=O) groups is 1. The summed E-state index contributed by atoms with van der Waals surface area (Å²) in [7, 11) is 0. The lowest BCUT2D eigenvalue weighted by atomic mass is 10.1. The van der Waals surface area contributed by atoms with Crippen molar-refractivity contribution >= 4 is 5.97 Å². The molecule has 0 radical (unpaired) electrons. The van der Waals surface area contributed by atoms with Gasteiger partial charge in [0.25, 0.3) is 0 Å². The maximum atomic E-state index is 11.9. The van der Waals surface area contributed by atoms with E-state index in [1.54, 1.807) is 6.92 Å². The number of aromatic nitrogens is 4. The van der Waals surface area contributed by atoms with Crippen LogP contribution >= 0.6 is 0 Å². The summed E-state index contributed by atoms with van der Waals surface area (Å²) in [6, 6.07) is 0. The second kappa shape index (κ2) is 7.17. The summed E-state index contributed by atoms with van der Waals surface area (Å²) in [6.07, 6.45) is -3.90. The topological polar surface area (TPSA) is 90.1 Å². The van der Waals surface area contributed by atoms with Crippen molar-refractivity contribution in [1.29, 1.82) is 0 Å². The number of halogens is 3. The Morgan fingerprint density at radius 2 is 2.20 bits per heavy atom. The molecule has 0 amide bonds. The molecular weight excluding hydrogens is 281 g/mol. The molecule has 20 heavy (non-hydrogen) atoms. The maximum Gasteiger partial charge on any atom is 0.411 e. The van der Waals surface area contributed by atoms with E-state index in [-0.39, 0.29) is 19.6 Å². The highest BCUT2D eigenvalue weighted by molar-refractivity contribution is 5.69. The predicted molar refractivity (Wildman–Crippen MR) is 59.8 cm³/mol. The van der Waals surface area contributed by atoms with Crippen molar-refractivity contribution < 1.29 is 27.8 Å². The molecule has 0 saturated heterocycles. The van der Waals surface area contributed by atoms with Crippen LogP contribution in [0.2, 0.25) is 0 Å².